The standard InChI is InChI=1S/C19H36O3Si/c1-20-23(21-2,22-3)18-14-10-8-6-4-5-7-9-11-15-19-16-12-13-17-19/h12,16-17H,4-11,13-15,18H2,1-3H3. The zero-order chi connectivity index (χ0) is 16.8. The molecule has 0 bridgehead atoms. The van der Waals surface area contributed by atoms with Crippen LogP contribution >= 0.6 is 0 Å². The molecule has 1 aliphatic carbocycles. The molecule has 0 fully saturated rings. The number of hydrogen-bond acceptors (Lipinski definition) is 3. The Balaban J connectivity index is 1.85. The molecule has 0 radical (unpaired) electrons. The molecular weight excluding hydrogens is 304 g/mol. The SMILES string of the molecule is CO[Si](CCCCCCCCCCCC1=CCC=C1)(OC)OC. The molecule has 3 nitrogen and oxygen atoms in total. The van der Waals surface area contributed by atoms with Gasteiger partial charge in [0.25, 0.3) is 0 Å². The summed E-state index contributed by atoms with van der Waals surface area (Å²) in [5.41, 5.74) is 1.55. The smallest absolute Gasteiger partial charge is 0.377 e. The molecule has 1 aliphatic rings. The number of rotatable bonds is 15. The highest BCUT2D eigenvalue weighted by Crippen LogP contribution is 2.19. The third-order valence-electron chi connectivity index (χ3n) is 4.73. The van der Waals surface area contributed by atoms with E-state index in [4.69, 9.17) is 13.3 Å². The van der Waals surface area contributed by atoms with Crippen molar-refractivity contribution in [1.82, 2.24) is 0 Å². The Morgan fingerprint density at radius 2 is 1.30 bits per heavy atom. The van der Waals surface area contributed by atoms with Crippen LogP contribution in [0.3, 0.4) is 0 Å². The fourth-order valence-corrected chi connectivity index (χ4v) is 4.95. The summed E-state index contributed by atoms with van der Waals surface area (Å²) in [5, 5.41) is 0. The number of hydrogen-bond donors (Lipinski definition) is 0. The van der Waals surface area contributed by atoms with Crippen molar-refractivity contribution in [3.63, 3.8) is 0 Å². The monoisotopic (exact) mass is 340 g/mol. The molecule has 0 saturated carbocycles. The highest BCUT2D eigenvalue weighted by molar-refractivity contribution is 6.60. The summed E-state index contributed by atoms with van der Waals surface area (Å²) in [6.07, 6.45) is 21.3. The zero-order valence-corrected chi connectivity index (χ0v) is 16.4. The lowest BCUT2D eigenvalue weighted by molar-refractivity contribution is 0.122. The van der Waals surface area contributed by atoms with Crippen molar-refractivity contribution in [3.05, 3.63) is 23.8 Å². The van der Waals surface area contributed by atoms with Crippen LogP contribution in [0.1, 0.15) is 70.6 Å². The molecule has 0 unspecified atom stereocenters. The van der Waals surface area contributed by atoms with Gasteiger partial charge in [0.2, 0.25) is 0 Å². The van der Waals surface area contributed by atoms with Gasteiger partial charge in [0.15, 0.2) is 0 Å². The quantitative estimate of drug-likeness (QED) is 0.285. The molecule has 23 heavy (non-hydrogen) atoms. The van der Waals surface area contributed by atoms with E-state index < -0.39 is 8.80 Å². The van der Waals surface area contributed by atoms with Gasteiger partial charge in [-0.25, -0.2) is 0 Å². The Hall–Kier alpha value is -0.423. The van der Waals surface area contributed by atoms with Crippen molar-refractivity contribution in [2.24, 2.45) is 0 Å². The lowest BCUT2D eigenvalue weighted by Crippen LogP contribution is -2.42. The van der Waals surface area contributed by atoms with Gasteiger partial charge < -0.3 is 13.3 Å². The van der Waals surface area contributed by atoms with Crippen molar-refractivity contribution >= 4 is 8.80 Å². The van der Waals surface area contributed by atoms with Gasteiger partial charge in [-0.1, -0.05) is 68.7 Å². The van der Waals surface area contributed by atoms with Gasteiger partial charge in [-0.3, -0.25) is 0 Å². The molecule has 1 rings (SSSR count). The van der Waals surface area contributed by atoms with Crippen molar-refractivity contribution in [2.75, 3.05) is 21.3 Å². The first-order valence-electron chi connectivity index (χ1n) is 9.27. The molecule has 0 saturated heterocycles. The minimum Gasteiger partial charge on any atom is -0.377 e. The summed E-state index contributed by atoms with van der Waals surface area (Å²) in [7, 11) is 2.75. The van der Waals surface area contributed by atoms with Crippen molar-refractivity contribution in [2.45, 2.75) is 76.7 Å². The van der Waals surface area contributed by atoms with Gasteiger partial charge in [-0.2, -0.15) is 0 Å². The summed E-state index contributed by atoms with van der Waals surface area (Å²) < 4.78 is 16.3. The van der Waals surface area contributed by atoms with E-state index in [0.29, 0.717) is 0 Å². The second-order valence-corrected chi connectivity index (χ2v) is 9.49. The third-order valence-corrected chi connectivity index (χ3v) is 7.56. The van der Waals surface area contributed by atoms with E-state index in [9.17, 15) is 0 Å². The molecular formula is C19H36O3Si. The van der Waals surface area contributed by atoms with E-state index >= 15 is 0 Å². The molecule has 0 atom stereocenters. The zero-order valence-electron chi connectivity index (χ0n) is 15.4. The molecule has 0 N–H and O–H groups in total. The summed E-state index contributed by atoms with van der Waals surface area (Å²) in [6.45, 7) is 0. The second-order valence-electron chi connectivity index (χ2n) is 6.39. The summed E-state index contributed by atoms with van der Waals surface area (Å²) >= 11 is 0. The maximum Gasteiger partial charge on any atom is 0.500 e. The van der Waals surface area contributed by atoms with Crippen LogP contribution in [0.2, 0.25) is 6.04 Å². The molecule has 4 heteroatoms. The number of unbranched alkanes of at least 4 members (excludes halogenated alkanes) is 8. The summed E-state index contributed by atoms with van der Waals surface area (Å²) in [6, 6.07) is 0.931. The van der Waals surface area contributed by atoms with Crippen LogP contribution < -0.4 is 0 Å². The molecule has 0 amide bonds. The first kappa shape index (κ1) is 20.6. The first-order chi connectivity index (χ1) is 11.3. The van der Waals surface area contributed by atoms with Crippen LogP contribution in [0.25, 0.3) is 0 Å². The third kappa shape index (κ3) is 8.84. The fraction of sp³-hybridized carbons (Fsp3) is 0.789. The highest BCUT2D eigenvalue weighted by atomic mass is 28.4. The lowest BCUT2D eigenvalue weighted by atomic mass is 10.0. The van der Waals surface area contributed by atoms with Crippen LogP contribution in [-0.2, 0) is 13.3 Å². The fourth-order valence-electron chi connectivity index (χ4n) is 3.16. The van der Waals surface area contributed by atoms with Crippen molar-refractivity contribution in [3.8, 4) is 0 Å². The number of allylic oxidation sites excluding steroid dienone is 4. The molecule has 0 aliphatic heterocycles. The van der Waals surface area contributed by atoms with E-state index in [-0.39, 0.29) is 0 Å². The van der Waals surface area contributed by atoms with Gasteiger partial charge in [0, 0.05) is 27.4 Å². The van der Waals surface area contributed by atoms with Gasteiger partial charge in [-0.15, -0.1) is 0 Å². The minimum atomic E-state index is -2.33. The second kappa shape index (κ2) is 12.9. The average molecular weight is 341 g/mol. The minimum absolute atomic E-state index is 0.931. The largest absolute Gasteiger partial charge is 0.500 e. The van der Waals surface area contributed by atoms with Crippen molar-refractivity contribution in [1.29, 1.82) is 0 Å². The van der Waals surface area contributed by atoms with Crippen LogP contribution in [0, 0.1) is 0 Å². The van der Waals surface area contributed by atoms with Crippen LogP contribution in [0.15, 0.2) is 23.8 Å². The maximum absolute atomic E-state index is 5.44. The predicted molar refractivity (Wildman–Crippen MR) is 99.6 cm³/mol. The molecule has 0 aromatic rings. The van der Waals surface area contributed by atoms with E-state index in [1.165, 1.54) is 57.8 Å². The van der Waals surface area contributed by atoms with Crippen LogP contribution in [0.5, 0.6) is 0 Å². The van der Waals surface area contributed by atoms with Gasteiger partial charge in [0.05, 0.1) is 0 Å². The Morgan fingerprint density at radius 1 is 0.783 bits per heavy atom. The Labute approximate surface area is 144 Å². The van der Waals surface area contributed by atoms with E-state index in [2.05, 4.69) is 18.2 Å². The van der Waals surface area contributed by atoms with Crippen LogP contribution in [0.4, 0.5) is 0 Å². The summed E-state index contributed by atoms with van der Waals surface area (Å²) in [4.78, 5) is 0. The Morgan fingerprint density at radius 3 is 1.78 bits per heavy atom. The van der Waals surface area contributed by atoms with Gasteiger partial charge in [0.1, 0.15) is 0 Å². The van der Waals surface area contributed by atoms with E-state index in [0.717, 1.165) is 18.9 Å². The maximum atomic E-state index is 5.44. The van der Waals surface area contributed by atoms with Gasteiger partial charge in [-0.05, 0) is 25.7 Å². The molecule has 134 valence electrons. The summed E-state index contributed by atoms with van der Waals surface area (Å²) in [5.74, 6) is 0. The van der Waals surface area contributed by atoms with Gasteiger partial charge >= 0.3 is 8.80 Å². The molecule has 0 spiro atoms. The van der Waals surface area contributed by atoms with E-state index in [1.54, 1.807) is 26.9 Å². The van der Waals surface area contributed by atoms with Crippen molar-refractivity contribution < 1.29 is 13.3 Å². The molecule has 0 heterocycles. The average Bonchev–Trinajstić information content (AvgIpc) is 3.10. The molecule has 0 aromatic heterocycles. The Bertz CT molecular complexity index is 340. The van der Waals surface area contributed by atoms with E-state index in [1.807, 2.05) is 0 Å². The predicted octanol–water partition coefficient (Wildman–Crippen LogP) is 5.65. The van der Waals surface area contributed by atoms with Crippen LogP contribution in [-0.4, -0.2) is 30.1 Å². The Kier molecular flexibility index (Phi) is 11.6. The lowest BCUT2D eigenvalue weighted by Gasteiger charge is -2.24. The normalized spacial score (nSPS) is 14.5. The molecule has 0 aromatic carbocycles. The highest BCUT2D eigenvalue weighted by Gasteiger charge is 2.36. The first-order valence-corrected chi connectivity index (χ1v) is 11.2. The topological polar surface area (TPSA) is 27.7 Å².